The van der Waals surface area contributed by atoms with Crippen molar-refractivity contribution in [3.8, 4) is 0 Å². The molecule has 1 saturated heterocycles. The van der Waals surface area contributed by atoms with Crippen molar-refractivity contribution in [3.63, 3.8) is 0 Å². The molecule has 0 aromatic heterocycles. The quantitative estimate of drug-likeness (QED) is 0.683. The van der Waals surface area contributed by atoms with Crippen molar-refractivity contribution in [1.29, 1.82) is 0 Å². The summed E-state index contributed by atoms with van der Waals surface area (Å²) in [5.74, 6) is 0. The third-order valence-electron chi connectivity index (χ3n) is 2.61. The molecule has 0 radical (unpaired) electrons. The Morgan fingerprint density at radius 3 is 3.08 bits per heavy atom. The molecule has 0 spiro atoms. The van der Waals surface area contributed by atoms with Crippen LogP contribution in [0.5, 0.6) is 0 Å². The number of hydrogen-bond acceptors (Lipinski definition) is 2. The van der Waals surface area contributed by atoms with Crippen molar-refractivity contribution in [2.24, 2.45) is 0 Å². The molecule has 1 fully saturated rings. The molecule has 0 amide bonds. The number of halogens is 1. The van der Waals surface area contributed by atoms with Crippen LogP contribution < -0.4 is 0 Å². The molecule has 68 valence electrons. The molecule has 0 N–H and O–H groups in total. The van der Waals surface area contributed by atoms with Gasteiger partial charge >= 0.3 is 0 Å². The van der Waals surface area contributed by atoms with Crippen LogP contribution in [0.25, 0.3) is 0 Å². The zero-order valence-corrected chi connectivity index (χ0v) is 8.72. The SMILES string of the molecule is BrC1=CCN([C@H]2CCOC2)CC1. The van der Waals surface area contributed by atoms with Gasteiger partial charge in [-0.15, -0.1) is 0 Å². The number of rotatable bonds is 1. The smallest absolute Gasteiger partial charge is 0.0622 e. The lowest BCUT2D eigenvalue weighted by Crippen LogP contribution is -2.38. The van der Waals surface area contributed by atoms with Crippen LogP contribution in [0.1, 0.15) is 12.8 Å². The maximum atomic E-state index is 5.36. The minimum absolute atomic E-state index is 0.682. The highest BCUT2D eigenvalue weighted by molar-refractivity contribution is 9.11. The molecular formula is C9H14BrNO. The van der Waals surface area contributed by atoms with Gasteiger partial charge in [0, 0.05) is 25.7 Å². The highest BCUT2D eigenvalue weighted by atomic mass is 79.9. The van der Waals surface area contributed by atoms with E-state index >= 15 is 0 Å². The second-order valence-corrected chi connectivity index (χ2v) is 4.43. The summed E-state index contributed by atoms with van der Waals surface area (Å²) in [6.45, 7) is 4.16. The van der Waals surface area contributed by atoms with E-state index in [0.717, 1.165) is 26.2 Å². The van der Waals surface area contributed by atoms with E-state index in [1.165, 1.54) is 17.4 Å². The van der Waals surface area contributed by atoms with E-state index < -0.39 is 0 Å². The highest BCUT2D eigenvalue weighted by Crippen LogP contribution is 2.20. The van der Waals surface area contributed by atoms with Crippen molar-refractivity contribution in [2.75, 3.05) is 26.3 Å². The Bertz CT molecular complexity index is 187. The first-order valence-electron chi connectivity index (χ1n) is 4.52. The third-order valence-corrected chi connectivity index (χ3v) is 3.33. The monoisotopic (exact) mass is 231 g/mol. The second-order valence-electron chi connectivity index (χ2n) is 3.41. The van der Waals surface area contributed by atoms with Crippen LogP contribution >= 0.6 is 15.9 Å². The Labute approximate surface area is 81.7 Å². The lowest BCUT2D eigenvalue weighted by atomic mass is 10.1. The summed E-state index contributed by atoms with van der Waals surface area (Å²) in [4.78, 5) is 2.51. The zero-order chi connectivity index (χ0) is 8.39. The van der Waals surface area contributed by atoms with Crippen molar-refractivity contribution in [2.45, 2.75) is 18.9 Å². The van der Waals surface area contributed by atoms with Crippen LogP contribution in [-0.4, -0.2) is 37.2 Å². The highest BCUT2D eigenvalue weighted by Gasteiger charge is 2.23. The van der Waals surface area contributed by atoms with E-state index in [4.69, 9.17) is 4.74 Å². The molecule has 2 heterocycles. The van der Waals surface area contributed by atoms with Gasteiger partial charge in [-0.25, -0.2) is 0 Å². The lowest BCUT2D eigenvalue weighted by Gasteiger charge is -2.29. The van der Waals surface area contributed by atoms with E-state index in [-0.39, 0.29) is 0 Å². The summed E-state index contributed by atoms with van der Waals surface area (Å²) in [5.41, 5.74) is 0. The van der Waals surface area contributed by atoms with E-state index in [2.05, 4.69) is 26.9 Å². The molecule has 1 atom stereocenters. The molecule has 0 unspecified atom stereocenters. The molecule has 2 aliphatic rings. The van der Waals surface area contributed by atoms with E-state index in [0.29, 0.717) is 6.04 Å². The predicted octanol–water partition coefficient (Wildman–Crippen LogP) is 1.76. The Hall–Kier alpha value is 0.140. The van der Waals surface area contributed by atoms with Gasteiger partial charge in [-0.05, 0) is 17.3 Å². The normalized spacial score (nSPS) is 32.1. The van der Waals surface area contributed by atoms with Crippen LogP contribution in [0.4, 0.5) is 0 Å². The van der Waals surface area contributed by atoms with E-state index in [1.54, 1.807) is 0 Å². The molecule has 0 aromatic rings. The van der Waals surface area contributed by atoms with Crippen molar-refractivity contribution in [1.82, 2.24) is 4.90 Å². The van der Waals surface area contributed by atoms with Crippen molar-refractivity contribution < 1.29 is 4.74 Å². The standard InChI is InChI=1S/C9H14BrNO/c10-8-1-4-11(5-2-8)9-3-6-12-7-9/h1,9H,2-7H2/t9-/m0/s1. The van der Waals surface area contributed by atoms with E-state index in [1.807, 2.05) is 0 Å². The van der Waals surface area contributed by atoms with Gasteiger partial charge in [-0.3, -0.25) is 4.90 Å². The Balaban J connectivity index is 1.89. The maximum absolute atomic E-state index is 5.36. The molecule has 0 aromatic carbocycles. The molecule has 0 bridgehead atoms. The number of nitrogens with zero attached hydrogens (tertiary/aromatic N) is 1. The van der Waals surface area contributed by atoms with Crippen LogP contribution in [0.2, 0.25) is 0 Å². The van der Waals surface area contributed by atoms with Gasteiger partial charge in [0.15, 0.2) is 0 Å². The van der Waals surface area contributed by atoms with Crippen molar-refractivity contribution >= 4 is 15.9 Å². The van der Waals surface area contributed by atoms with Crippen molar-refractivity contribution in [3.05, 3.63) is 10.6 Å². The second kappa shape index (κ2) is 3.90. The lowest BCUT2D eigenvalue weighted by molar-refractivity contribution is 0.150. The fourth-order valence-electron chi connectivity index (χ4n) is 1.80. The fourth-order valence-corrected chi connectivity index (χ4v) is 2.12. The summed E-state index contributed by atoms with van der Waals surface area (Å²) in [6.07, 6.45) is 4.64. The van der Waals surface area contributed by atoms with Crippen LogP contribution in [0.15, 0.2) is 10.6 Å². The largest absolute Gasteiger partial charge is 0.380 e. The minimum atomic E-state index is 0.682. The van der Waals surface area contributed by atoms with Gasteiger partial charge in [0.25, 0.3) is 0 Å². The zero-order valence-electron chi connectivity index (χ0n) is 7.13. The number of ether oxygens (including phenoxy) is 1. The average molecular weight is 232 g/mol. The van der Waals surface area contributed by atoms with Gasteiger partial charge in [-0.2, -0.15) is 0 Å². The molecule has 0 saturated carbocycles. The molecular weight excluding hydrogens is 218 g/mol. The molecule has 3 heteroatoms. The fraction of sp³-hybridized carbons (Fsp3) is 0.778. The van der Waals surface area contributed by atoms with Crippen LogP contribution in [-0.2, 0) is 4.74 Å². The summed E-state index contributed by atoms with van der Waals surface area (Å²) < 4.78 is 6.72. The molecule has 12 heavy (non-hydrogen) atoms. The Kier molecular flexibility index (Phi) is 2.84. The summed E-state index contributed by atoms with van der Waals surface area (Å²) >= 11 is 3.53. The molecule has 0 aliphatic carbocycles. The van der Waals surface area contributed by atoms with Gasteiger partial charge < -0.3 is 4.74 Å². The average Bonchev–Trinajstić information content (AvgIpc) is 2.58. The first kappa shape index (κ1) is 8.73. The molecule has 2 nitrogen and oxygen atoms in total. The van der Waals surface area contributed by atoms with Gasteiger partial charge in [0.05, 0.1) is 6.61 Å². The summed E-state index contributed by atoms with van der Waals surface area (Å²) in [6, 6.07) is 0.682. The first-order valence-corrected chi connectivity index (χ1v) is 5.32. The maximum Gasteiger partial charge on any atom is 0.0622 e. The summed E-state index contributed by atoms with van der Waals surface area (Å²) in [5, 5.41) is 0. The van der Waals surface area contributed by atoms with Gasteiger partial charge in [0.2, 0.25) is 0 Å². The van der Waals surface area contributed by atoms with Crippen LogP contribution in [0, 0.1) is 0 Å². The van der Waals surface area contributed by atoms with Crippen LogP contribution in [0.3, 0.4) is 0 Å². The topological polar surface area (TPSA) is 12.5 Å². The molecule has 2 aliphatic heterocycles. The first-order chi connectivity index (χ1) is 5.86. The summed E-state index contributed by atoms with van der Waals surface area (Å²) in [7, 11) is 0. The Morgan fingerprint density at radius 2 is 2.50 bits per heavy atom. The predicted molar refractivity (Wildman–Crippen MR) is 52.4 cm³/mol. The van der Waals surface area contributed by atoms with Gasteiger partial charge in [-0.1, -0.05) is 22.0 Å². The minimum Gasteiger partial charge on any atom is -0.380 e. The van der Waals surface area contributed by atoms with Gasteiger partial charge in [0.1, 0.15) is 0 Å². The van der Waals surface area contributed by atoms with E-state index in [9.17, 15) is 0 Å². The molecule has 2 rings (SSSR count). The third kappa shape index (κ3) is 1.90. The number of hydrogen-bond donors (Lipinski definition) is 0. The Morgan fingerprint density at radius 1 is 1.58 bits per heavy atom.